The number of nitrogens with zero attached hydrogens (tertiary/aromatic N) is 8. The summed E-state index contributed by atoms with van der Waals surface area (Å²) < 4.78 is 10.4. The highest BCUT2D eigenvalue weighted by atomic mass is 16.7. The van der Waals surface area contributed by atoms with E-state index in [1.54, 1.807) is 0 Å². The predicted octanol–water partition coefficient (Wildman–Crippen LogP) is 12.5. The summed E-state index contributed by atoms with van der Waals surface area (Å²) in [4.78, 5) is 88.6. The maximum absolute atomic E-state index is 12.0. The van der Waals surface area contributed by atoms with Crippen molar-refractivity contribution in [1.29, 1.82) is 0 Å². The number of nitro benzene ring substituents is 6. The van der Waals surface area contributed by atoms with Gasteiger partial charge in [-0.2, -0.15) is 0 Å². The van der Waals surface area contributed by atoms with E-state index in [0.717, 1.165) is 127 Å². The fraction of sp³-hybridized carbons (Fsp3) is 0.449. The van der Waals surface area contributed by atoms with Crippen LogP contribution in [0.5, 0.6) is 0 Å². The molecule has 74 heavy (non-hydrogen) atoms. The fourth-order valence-corrected chi connectivity index (χ4v) is 8.85. The summed E-state index contributed by atoms with van der Waals surface area (Å²) in [5.74, 6) is 0. The van der Waals surface area contributed by atoms with Gasteiger partial charge in [0.2, 0.25) is 0 Å². The SMILES string of the molecule is O=C(OCCCCCCCCCCCO/N=C1\c2cc([N+](=O)[O-])ccc2-c2c1cc([N+](=O)[O-])cc2[N+](=O)[O-])OCCCCCCCCCCCO/N=C1\c2cc([N+](=O)[O-])ccc2-c2c1cc([N+](=O)[O-])cc2[N+](=O)[O-]. The predicted molar refractivity (Wildman–Crippen MR) is 267 cm³/mol. The van der Waals surface area contributed by atoms with Crippen LogP contribution in [0.2, 0.25) is 0 Å². The fourth-order valence-electron chi connectivity index (χ4n) is 8.85. The summed E-state index contributed by atoms with van der Waals surface area (Å²) in [6, 6.07) is 11.6. The minimum absolute atomic E-state index is 0.0551. The van der Waals surface area contributed by atoms with Gasteiger partial charge in [-0.1, -0.05) is 87.4 Å². The van der Waals surface area contributed by atoms with Gasteiger partial charge in [0.05, 0.1) is 66.0 Å². The van der Waals surface area contributed by atoms with Gasteiger partial charge in [0.15, 0.2) is 0 Å². The van der Waals surface area contributed by atoms with Gasteiger partial charge >= 0.3 is 6.16 Å². The van der Waals surface area contributed by atoms with Crippen molar-refractivity contribution in [3.8, 4) is 22.3 Å². The zero-order valence-electron chi connectivity index (χ0n) is 40.3. The number of oxime groups is 2. The molecule has 0 bridgehead atoms. The minimum Gasteiger partial charge on any atom is -0.434 e. The zero-order chi connectivity index (χ0) is 53.1. The Hall–Kier alpha value is -8.51. The van der Waals surface area contributed by atoms with Gasteiger partial charge in [-0.25, -0.2) is 4.79 Å². The van der Waals surface area contributed by atoms with Crippen molar-refractivity contribution in [2.75, 3.05) is 26.4 Å². The number of non-ortho nitro benzene ring substituents is 4. The zero-order valence-corrected chi connectivity index (χ0v) is 40.3. The number of carbonyl (C=O) groups excluding carboxylic acids is 1. The smallest absolute Gasteiger partial charge is 0.434 e. The first-order chi connectivity index (χ1) is 35.7. The lowest BCUT2D eigenvalue weighted by atomic mass is 10.0. The first-order valence-electron chi connectivity index (χ1n) is 24.4. The molecule has 2 aliphatic carbocycles. The van der Waals surface area contributed by atoms with Gasteiger partial charge in [0, 0.05) is 58.7 Å². The third-order valence-corrected chi connectivity index (χ3v) is 12.5. The number of fused-ring (bicyclic) bond motifs is 6. The molecule has 0 aliphatic heterocycles. The highest BCUT2D eigenvalue weighted by Crippen LogP contribution is 2.47. The number of unbranched alkanes of at least 4 members (excludes halogenated alkanes) is 16. The van der Waals surface area contributed by atoms with Crippen molar-refractivity contribution in [3.05, 3.63) is 144 Å². The van der Waals surface area contributed by atoms with Gasteiger partial charge in [-0.3, -0.25) is 60.7 Å². The monoisotopic (exact) mass is 1030 g/mol. The molecule has 0 aromatic heterocycles. The molecule has 0 N–H and O–H groups in total. The second kappa shape index (κ2) is 26.8. The van der Waals surface area contributed by atoms with Crippen molar-refractivity contribution in [3.63, 3.8) is 0 Å². The molecule has 0 atom stereocenters. The van der Waals surface area contributed by atoms with Crippen molar-refractivity contribution < 1.29 is 53.5 Å². The summed E-state index contributed by atoms with van der Waals surface area (Å²) in [5, 5.41) is 78.1. The average Bonchev–Trinajstić information content (AvgIpc) is 3.86. The van der Waals surface area contributed by atoms with Crippen LogP contribution in [0.25, 0.3) is 22.3 Å². The lowest BCUT2D eigenvalue weighted by Crippen LogP contribution is -2.09. The molecule has 4 aromatic rings. The molecular weight excluding hydrogens is 973 g/mol. The van der Waals surface area contributed by atoms with Crippen LogP contribution in [0.3, 0.4) is 0 Å². The van der Waals surface area contributed by atoms with E-state index in [1.165, 1.54) is 36.4 Å². The minimum atomic E-state index is -0.750. The lowest BCUT2D eigenvalue weighted by molar-refractivity contribution is -0.394. The molecule has 25 nitrogen and oxygen atoms in total. The number of rotatable bonds is 32. The van der Waals surface area contributed by atoms with Crippen LogP contribution >= 0.6 is 0 Å². The molecule has 0 fully saturated rings. The van der Waals surface area contributed by atoms with Crippen LogP contribution < -0.4 is 0 Å². The molecule has 6 rings (SSSR count). The summed E-state index contributed by atoms with van der Waals surface area (Å²) in [6.45, 7) is 1.01. The van der Waals surface area contributed by atoms with E-state index in [-0.39, 0.29) is 69.4 Å². The van der Waals surface area contributed by atoms with Crippen LogP contribution in [0.4, 0.5) is 38.9 Å². The summed E-state index contributed by atoms with van der Waals surface area (Å²) in [6.07, 6.45) is 15.7. The number of nitro groups is 6. The van der Waals surface area contributed by atoms with E-state index >= 15 is 0 Å². The van der Waals surface area contributed by atoms with E-state index in [0.29, 0.717) is 37.2 Å². The normalized spacial score (nSPS) is 12.9. The molecule has 25 heteroatoms. The highest BCUT2D eigenvalue weighted by molar-refractivity contribution is 6.27. The Labute approximate surface area is 422 Å². The Morgan fingerprint density at radius 3 is 0.959 bits per heavy atom. The molecule has 0 radical (unpaired) electrons. The van der Waals surface area contributed by atoms with Gasteiger partial charge in [0.25, 0.3) is 34.1 Å². The van der Waals surface area contributed by atoms with E-state index in [1.807, 2.05) is 0 Å². The second-order valence-corrected chi connectivity index (χ2v) is 17.6. The van der Waals surface area contributed by atoms with Gasteiger partial charge in [-0.05, 0) is 61.8 Å². The van der Waals surface area contributed by atoms with E-state index in [9.17, 15) is 65.5 Å². The molecule has 2 aliphatic rings. The van der Waals surface area contributed by atoms with Crippen molar-refractivity contribution in [1.82, 2.24) is 0 Å². The van der Waals surface area contributed by atoms with Crippen LogP contribution in [0.1, 0.15) is 138 Å². The summed E-state index contributed by atoms with van der Waals surface area (Å²) in [5.41, 5.74) is -1.08. The third kappa shape index (κ3) is 14.3. The van der Waals surface area contributed by atoms with Gasteiger partial charge in [0.1, 0.15) is 24.6 Å². The van der Waals surface area contributed by atoms with Crippen LogP contribution in [-0.4, -0.2) is 73.5 Å². The van der Waals surface area contributed by atoms with E-state index < -0.39 is 58.4 Å². The first-order valence-corrected chi connectivity index (χ1v) is 24.4. The molecule has 0 saturated carbocycles. The molecule has 0 saturated heterocycles. The molecule has 4 aromatic carbocycles. The van der Waals surface area contributed by atoms with Crippen molar-refractivity contribution in [2.24, 2.45) is 10.3 Å². The van der Waals surface area contributed by atoms with Crippen LogP contribution in [0.15, 0.2) is 71.0 Å². The highest BCUT2D eigenvalue weighted by Gasteiger charge is 2.38. The lowest BCUT2D eigenvalue weighted by Gasteiger charge is -2.07. The van der Waals surface area contributed by atoms with Crippen molar-refractivity contribution >= 4 is 51.7 Å². The number of hydrogen-bond acceptors (Lipinski definition) is 19. The van der Waals surface area contributed by atoms with E-state index in [2.05, 4.69) is 10.3 Å². The number of carbonyl (C=O) groups is 1. The summed E-state index contributed by atoms with van der Waals surface area (Å²) in [7, 11) is 0. The quantitative estimate of drug-likeness (QED) is 0.0164. The van der Waals surface area contributed by atoms with Gasteiger partial charge < -0.3 is 19.1 Å². The van der Waals surface area contributed by atoms with Crippen LogP contribution in [0, 0.1) is 60.7 Å². The number of hydrogen-bond donors (Lipinski definition) is 0. The topological polar surface area (TPSA) is 338 Å². The Bertz CT molecular complexity index is 2650. The molecule has 0 spiro atoms. The average molecular weight is 1030 g/mol. The Balaban J connectivity index is 0.747. The Morgan fingerprint density at radius 1 is 0.351 bits per heavy atom. The Kier molecular flexibility index (Phi) is 19.9. The summed E-state index contributed by atoms with van der Waals surface area (Å²) >= 11 is 0. The standard InChI is InChI=1S/C49H54N8O17/c58-49(71-23-15-11-7-3-1-5-9-13-17-25-73-50-47-39-27-33(52(59)60)19-21-37(39)45-41(47)29-35(54(63)64)31-43(45)56(67)68)72-24-16-12-8-4-2-6-10-14-18-26-74-51-48-40-28-34(53(61)62)20-22-38(40)46-42(48)30-36(55(65)66)32-44(46)57(69)70/h19-22,27-32H,1-18,23-26H2/b50-47+,51-48+. The maximum atomic E-state index is 12.0. The number of ether oxygens (including phenoxy) is 2. The molecule has 0 unspecified atom stereocenters. The first kappa shape index (κ1) is 54.8. The van der Waals surface area contributed by atoms with E-state index in [4.69, 9.17) is 19.1 Å². The maximum Gasteiger partial charge on any atom is 0.508 e. The molecule has 0 heterocycles. The molecule has 0 amide bonds. The Morgan fingerprint density at radius 2 is 0.649 bits per heavy atom. The van der Waals surface area contributed by atoms with Crippen LogP contribution in [-0.2, 0) is 19.1 Å². The number of benzene rings is 4. The molecule has 392 valence electrons. The third-order valence-electron chi connectivity index (χ3n) is 12.5. The molecular formula is C49H54N8O17. The van der Waals surface area contributed by atoms with Crippen molar-refractivity contribution in [2.45, 2.75) is 116 Å². The second-order valence-electron chi connectivity index (χ2n) is 17.6. The largest absolute Gasteiger partial charge is 0.508 e. The van der Waals surface area contributed by atoms with Gasteiger partial charge in [-0.15, -0.1) is 0 Å².